The first kappa shape index (κ1) is 17.5. The van der Waals surface area contributed by atoms with Crippen LogP contribution in [0.3, 0.4) is 0 Å². The maximum absolute atomic E-state index is 12.4. The highest BCUT2D eigenvalue weighted by atomic mass is 16.4. The largest absolute Gasteiger partial charge is 0.431 e. The molecule has 3 heterocycles. The molecule has 10 heteroatoms. The standard InChI is InChI=1S/C18H16N6O4/c1-22-15-14(16(26)23(2)18(22)27)24(10-19-15)8-13(25)21-17-20-12(9-28-17)11-6-4-3-5-7-11/h3-7,9-10H,8H2,1-2H3,(H,20,21,25). The van der Waals surface area contributed by atoms with Gasteiger partial charge < -0.3 is 8.98 Å². The van der Waals surface area contributed by atoms with Crippen molar-refractivity contribution < 1.29 is 9.21 Å². The Kier molecular flexibility index (Phi) is 4.15. The van der Waals surface area contributed by atoms with Crippen molar-refractivity contribution in [3.63, 3.8) is 0 Å². The Bertz CT molecular complexity index is 1300. The summed E-state index contributed by atoms with van der Waals surface area (Å²) in [5, 5.41) is 2.55. The summed E-state index contributed by atoms with van der Waals surface area (Å²) in [6, 6.07) is 9.44. The van der Waals surface area contributed by atoms with E-state index in [4.69, 9.17) is 4.42 Å². The monoisotopic (exact) mass is 380 g/mol. The molecule has 3 aromatic heterocycles. The van der Waals surface area contributed by atoms with Gasteiger partial charge in [0.15, 0.2) is 11.2 Å². The minimum absolute atomic E-state index is 0.0496. The van der Waals surface area contributed by atoms with E-state index >= 15 is 0 Å². The quantitative estimate of drug-likeness (QED) is 0.558. The van der Waals surface area contributed by atoms with Gasteiger partial charge in [0, 0.05) is 19.7 Å². The molecule has 0 aliphatic rings. The zero-order valence-corrected chi connectivity index (χ0v) is 15.1. The fraction of sp³-hybridized carbons (Fsp3) is 0.167. The van der Waals surface area contributed by atoms with Gasteiger partial charge in [-0.15, -0.1) is 0 Å². The van der Waals surface area contributed by atoms with Gasteiger partial charge >= 0.3 is 11.7 Å². The Labute approximate surface area is 157 Å². The number of fused-ring (bicyclic) bond motifs is 1. The number of anilines is 1. The molecule has 0 saturated heterocycles. The van der Waals surface area contributed by atoms with Crippen LogP contribution in [0.1, 0.15) is 0 Å². The van der Waals surface area contributed by atoms with Crippen molar-refractivity contribution in [1.29, 1.82) is 0 Å². The molecule has 1 N–H and O–H groups in total. The number of benzene rings is 1. The molecule has 0 unspecified atom stereocenters. The SMILES string of the molecule is Cn1c(=O)c2c(ncn2CC(=O)Nc2nc(-c3ccccc3)co2)n(C)c1=O. The van der Waals surface area contributed by atoms with E-state index in [1.54, 1.807) is 0 Å². The first-order valence-electron chi connectivity index (χ1n) is 8.37. The van der Waals surface area contributed by atoms with Crippen molar-refractivity contribution >= 4 is 23.1 Å². The second kappa shape index (κ2) is 6.65. The number of carbonyl (C=O) groups excluding carboxylic acids is 1. The number of hydrogen-bond acceptors (Lipinski definition) is 6. The number of oxazole rings is 1. The molecule has 142 valence electrons. The number of carbonyl (C=O) groups is 1. The Hall–Kier alpha value is -3.95. The van der Waals surface area contributed by atoms with E-state index in [9.17, 15) is 14.4 Å². The van der Waals surface area contributed by atoms with Gasteiger partial charge in [-0.1, -0.05) is 30.3 Å². The summed E-state index contributed by atoms with van der Waals surface area (Å²) in [6.07, 6.45) is 2.79. The van der Waals surface area contributed by atoms with E-state index in [1.165, 1.54) is 35.8 Å². The van der Waals surface area contributed by atoms with Crippen LogP contribution in [0.2, 0.25) is 0 Å². The highest BCUT2D eigenvalue weighted by molar-refractivity contribution is 5.89. The molecule has 0 aliphatic carbocycles. The number of aryl methyl sites for hydroxylation is 1. The molecular formula is C18H16N6O4. The molecule has 0 fully saturated rings. The van der Waals surface area contributed by atoms with Crippen LogP contribution in [0.15, 0.2) is 56.9 Å². The van der Waals surface area contributed by atoms with Crippen molar-refractivity contribution in [3.8, 4) is 11.3 Å². The number of aromatic nitrogens is 5. The van der Waals surface area contributed by atoms with Crippen molar-refractivity contribution in [2.75, 3.05) is 5.32 Å². The van der Waals surface area contributed by atoms with Crippen LogP contribution in [-0.4, -0.2) is 29.6 Å². The molecule has 0 saturated carbocycles. The average Bonchev–Trinajstić information content (AvgIpc) is 3.33. The van der Waals surface area contributed by atoms with E-state index < -0.39 is 17.2 Å². The predicted molar refractivity (Wildman–Crippen MR) is 101 cm³/mol. The fourth-order valence-corrected chi connectivity index (χ4v) is 2.90. The first-order chi connectivity index (χ1) is 13.5. The molecule has 28 heavy (non-hydrogen) atoms. The highest BCUT2D eigenvalue weighted by Gasteiger charge is 2.17. The van der Waals surface area contributed by atoms with Crippen LogP contribution in [-0.2, 0) is 25.4 Å². The summed E-state index contributed by atoms with van der Waals surface area (Å²) < 4.78 is 8.90. The number of rotatable bonds is 4. The van der Waals surface area contributed by atoms with Crippen LogP contribution in [0.4, 0.5) is 6.01 Å². The Morgan fingerprint density at radius 3 is 2.64 bits per heavy atom. The maximum atomic E-state index is 12.4. The summed E-state index contributed by atoms with van der Waals surface area (Å²) >= 11 is 0. The zero-order valence-electron chi connectivity index (χ0n) is 15.1. The molecular weight excluding hydrogens is 364 g/mol. The average molecular weight is 380 g/mol. The van der Waals surface area contributed by atoms with Gasteiger partial charge in [0.1, 0.15) is 18.5 Å². The normalized spacial score (nSPS) is 11.1. The Morgan fingerprint density at radius 1 is 1.14 bits per heavy atom. The third-order valence-electron chi connectivity index (χ3n) is 4.35. The van der Waals surface area contributed by atoms with Gasteiger partial charge in [0.05, 0.1) is 6.33 Å². The van der Waals surface area contributed by atoms with Gasteiger partial charge in [-0.3, -0.25) is 24.0 Å². The molecule has 1 amide bonds. The van der Waals surface area contributed by atoms with E-state index in [0.29, 0.717) is 5.69 Å². The lowest BCUT2D eigenvalue weighted by Gasteiger charge is -2.06. The summed E-state index contributed by atoms with van der Waals surface area (Å²) in [7, 11) is 2.89. The Balaban J connectivity index is 1.58. The minimum Gasteiger partial charge on any atom is -0.431 e. The van der Waals surface area contributed by atoms with E-state index in [-0.39, 0.29) is 23.7 Å². The second-order valence-electron chi connectivity index (χ2n) is 6.20. The van der Waals surface area contributed by atoms with Crippen LogP contribution in [0, 0.1) is 0 Å². The molecule has 0 aliphatic heterocycles. The number of imidazole rings is 1. The van der Waals surface area contributed by atoms with Crippen LogP contribution < -0.4 is 16.6 Å². The minimum atomic E-state index is -0.522. The molecule has 10 nitrogen and oxygen atoms in total. The molecule has 1 aromatic carbocycles. The second-order valence-corrected chi connectivity index (χ2v) is 6.20. The van der Waals surface area contributed by atoms with Crippen LogP contribution in [0.25, 0.3) is 22.4 Å². The lowest BCUT2D eigenvalue weighted by atomic mass is 10.2. The van der Waals surface area contributed by atoms with Crippen molar-refractivity contribution in [3.05, 3.63) is 63.8 Å². The molecule has 0 bridgehead atoms. The van der Waals surface area contributed by atoms with Crippen molar-refractivity contribution in [1.82, 2.24) is 23.7 Å². The van der Waals surface area contributed by atoms with Gasteiger partial charge in [-0.2, -0.15) is 4.98 Å². The number of amides is 1. The van der Waals surface area contributed by atoms with Crippen molar-refractivity contribution in [2.24, 2.45) is 14.1 Å². The number of nitrogens with one attached hydrogen (secondary N) is 1. The smallest absolute Gasteiger partial charge is 0.332 e. The van der Waals surface area contributed by atoms with Crippen molar-refractivity contribution in [2.45, 2.75) is 6.54 Å². The molecule has 0 spiro atoms. The van der Waals surface area contributed by atoms with E-state index in [0.717, 1.165) is 10.1 Å². The van der Waals surface area contributed by atoms with Crippen LogP contribution >= 0.6 is 0 Å². The van der Waals surface area contributed by atoms with E-state index in [1.807, 2.05) is 30.3 Å². The lowest BCUT2D eigenvalue weighted by molar-refractivity contribution is -0.116. The third-order valence-corrected chi connectivity index (χ3v) is 4.35. The summed E-state index contributed by atoms with van der Waals surface area (Å²) in [5.74, 6) is -0.448. The molecule has 4 aromatic rings. The van der Waals surface area contributed by atoms with Gasteiger partial charge in [0.25, 0.3) is 5.56 Å². The third kappa shape index (κ3) is 2.90. The topological polar surface area (TPSA) is 117 Å². The lowest BCUT2D eigenvalue weighted by Crippen LogP contribution is -2.37. The summed E-state index contributed by atoms with van der Waals surface area (Å²) in [5.41, 5.74) is 0.816. The number of hydrogen-bond donors (Lipinski definition) is 1. The number of nitrogens with zero attached hydrogens (tertiary/aromatic N) is 5. The summed E-state index contributed by atoms with van der Waals surface area (Å²) in [6.45, 7) is -0.188. The zero-order chi connectivity index (χ0) is 19.8. The highest BCUT2D eigenvalue weighted by Crippen LogP contribution is 2.20. The fourth-order valence-electron chi connectivity index (χ4n) is 2.90. The molecule has 0 radical (unpaired) electrons. The van der Waals surface area contributed by atoms with Gasteiger partial charge in [0.2, 0.25) is 5.91 Å². The van der Waals surface area contributed by atoms with Gasteiger partial charge in [-0.25, -0.2) is 9.78 Å². The van der Waals surface area contributed by atoms with Gasteiger partial charge in [-0.05, 0) is 0 Å². The van der Waals surface area contributed by atoms with E-state index in [2.05, 4.69) is 15.3 Å². The maximum Gasteiger partial charge on any atom is 0.332 e. The predicted octanol–water partition coefficient (Wildman–Crippen LogP) is 0.727. The molecule has 0 atom stereocenters. The summed E-state index contributed by atoms with van der Waals surface area (Å²) in [4.78, 5) is 45.1. The first-order valence-corrected chi connectivity index (χ1v) is 8.37. The Morgan fingerprint density at radius 2 is 1.89 bits per heavy atom. The van der Waals surface area contributed by atoms with Crippen LogP contribution in [0.5, 0.6) is 0 Å². The molecule has 4 rings (SSSR count).